The Balaban J connectivity index is 1.36. The van der Waals surface area contributed by atoms with Crippen LogP contribution in [0.15, 0.2) is 36.4 Å². The highest BCUT2D eigenvalue weighted by atomic mass is 16.5. The lowest BCUT2D eigenvalue weighted by atomic mass is 10.0. The fourth-order valence-electron chi connectivity index (χ4n) is 5.82. The number of carbonyl (C=O) groups excluding carboxylic acids is 1. The largest absolute Gasteiger partial charge is 0.497 e. The van der Waals surface area contributed by atoms with Gasteiger partial charge in [-0.1, -0.05) is 0 Å². The number of nitrogens with two attached hydrogens (primary N) is 1. The Morgan fingerprint density at radius 2 is 2.06 bits per heavy atom. The number of hydrogen-bond donors (Lipinski definition) is 1. The van der Waals surface area contributed by atoms with E-state index in [0.717, 1.165) is 71.9 Å². The van der Waals surface area contributed by atoms with E-state index in [9.17, 15) is 4.79 Å². The van der Waals surface area contributed by atoms with Gasteiger partial charge in [0.25, 0.3) is 5.91 Å². The molecule has 0 spiro atoms. The van der Waals surface area contributed by atoms with Crippen molar-refractivity contribution in [3.05, 3.63) is 42.0 Å². The summed E-state index contributed by atoms with van der Waals surface area (Å²) in [4.78, 5) is 20.3. The molecular weight excluding hydrogens is 454 g/mol. The zero-order chi connectivity index (χ0) is 24.4. The van der Waals surface area contributed by atoms with Gasteiger partial charge in [0.1, 0.15) is 23.6 Å². The minimum Gasteiger partial charge on any atom is -0.497 e. The van der Waals surface area contributed by atoms with E-state index in [2.05, 4.69) is 27.3 Å². The summed E-state index contributed by atoms with van der Waals surface area (Å²) in [6.45, 7) is 3.59. The molecule has 186 valence electrons. The number of piperidine rings is 1. The van der Waals surface area contributed by atoms with E-state index in [0.29, 0.717) is 24.6 Å². The molecular formula is C28H31N5O3. The normalized spacial score (nSPS) is 19.6. The number of aromatic nitrogens is 3. The van der Waals surface area contributed by atoms with Crippen molar-refractivity contribution >= 4 is 27.8 Å². The molecule has 4 heterocycles. The van der Waals surface area contributed by atoms with Crippen molar-refractivity contribution in [3.63, 3.8) is 0 Å². The van der Waals surface area contributed by atoms with Gasteiger partial charge in [-0.3, -0.25) is 4.79 Å². The first-order chi connectivity index (χ1) is 17.6. The Morgan fingerprint density at radius 1 is 1.17 bits per heavy atom. The molecule has 36 heavy (non-hydrogen) atoms. The average Bonchev–Trinajstić information content (AvgIpc) is 3.55. The predicted octanol–water partition coefficient (Wildman–Crippen LogP) is 4.03. The smallest absolute Gasteiger partial charge is 0.254 e. The standard InChI is InChI=1S/C28H31N5O3/c1-35-21-6-7-23-18(11-21)13-24(33(23)15-17-4-5-17)27-30-22-12-19(14-25-26(22)32(27)9-10-36-25)28(34)31-8-2-3-20(29)16-31/h6-7,11-14,17,20H,2-5,8-10,15-16,29H2,1H3/t20-/m1/s1. The zero-order valence-corrected chi connectivity index (χ0v) is 20.6. The summed E-state index contributed by atoms with van der Waals surface area (Å²) in [6, 6.07) is 12.3. The van der Waals surface area contributed by atoms with Gasteiger partial charge in [0.05, 0.1) is 24.9 Å². The summed E-state index contributed by atoms with van der Waals surface area (Å²) >= 11 is 0. The van der Waals surface area contributed by atoms with Crippen LogP contribution in [0.25, 0.3) is 33.5 Å². The summed E-state index contributed by atoms with van der Waals surface area (Å²) in [5, 5.41) is 1.15. The van der Waals surface area contributed by atoms with Crippen molar-refractivity contribution in [2.75, 3.05) is 26.8 Å². The number of nitrogens with zero attached hydrogens (tertiary/aromatic N) is 4. The first kappa shape index (κ1) is 21.7. The van der Waals surface area contributed by atoms with E-state index in [1.165, 1.54) is 18.4 Å². The molecule has 1 amide bonds. The monoisotopic (exact) mass is 485 g/mol. The van der Waals surface area contributed by atoms with Crippen molar-refractivity contribution in [2.24, 2.45) is 11.7 Å². The highest BCUT2D eigenvalue weighted by Crippen LogP contribution is 2.40. The summed E-state index contributed by atoms with van der Waals surface area (Å²) in [7, 11) is 1.70. The number of amides is 1. The number of imidazole rings is 1. The second kappa shape index (κ2) is 8.27. The summed E-state index contributed by atoms with van der Waals surface area (Å²) in [6.07, 6.45) is 4.45. The van der Waals surface area contributed by atoms with Gasteiger partial charge in [0.2, 0.25) is 0 Å². The molecule has 2 aliphatic heterocycles. The third kappa shape index (κ3) is 3.54. The summed E-state index contributed by atoms with van der Waals surface area (Å²) in [5.41, 5.74) is 10.8. The Bertz CT molecular complexity index is 1500. The SMILES string of the molecule is COc1ccc2c(c1)cc(-c1nc3cc(C(=O)N4CCC[C@@H](N)C4)cc4c3n1CCO4)n2CC1CC1. The molecule has 4 aromatic rings. The molecule has 0 bridgehead atoms. The number of hydrogen-bond acceptors (Lipinski definition) is 5. The van der Waals surface area contributed by atoms with Gasteiger partial charge in [-0.2, -0.15) is 0 Å². The molecule has 2 aromatic heterocycles. The predicted molar refractivity (Wildman–Crippen MR) is 139 cm³/mol. The van der Waals surface area contributed by atoms with Crippen molar-refractivity contribution in [3.8, 4) is 23.0 Å². The molecule has 1 saturated heterocycles. The minimum absolute atomic E-state index is 0.00326. The Kier molecular flexibility index (Phi) is 4.99. The number of ether oxygens (including phenoxy) is 2. The lowest BCUT2D eigenvalue weighted by Gasteiger charge is -2.31. The van der Waals surface area contributed by atoms with E-state index in [4.69, 9.17) is 20.2 Å². The van der Waals surface area contributed by atoms with Crippen LogP contribution >= 0.6 is 0 Å². The topological polar surface area (TPSA) is 87.5 Å². The van der Waals surface area contributed by atoms with Gasteiger partial charge in [-0.15, -0.1) is 0 Å². The molecule has 0 unspecified atom stereocenters. The van der Waals surface area contributed by atoms with Gasteiger partial charge >= 0.3 is 0 Å². The van der Waals surface area contributed by atoms with Crippen LogP contribution in [-0.4, -0.2) is 57.8 Å². The quantitative estimate of drug-likeness (QED) is 0.461. The van der Waals surface area contributed by atoms with Crippen LogP contribution in [0.4, 0.5) is 0 Å². The zero-order valence-electron chi connectivity index (χ0n) is 20.6. The number of methoxy groups -OCH3 is 1. The summed E-state index contributed by atoms with van der Waals surface area (Å²) in [5.74, 6) is 3.22. The van der Waals surface area contributed by atoms with Crippen LogP contribution in [-0.2, 0) is 13.1 Å². The van der Waals surface area contributed by atoms with Gasteiger partial charge in [0.15, 0.2) is 5.82 Å². The van der Waals surface area contributed by atoms with Crippen molar-refractivity contribution < 1.29 is 14.3 Å². The van der Waals surface area contributed by atoms with Gasteiger partial charge in [-0.25, -0.2) is 4.98 Å². The van der Waals surface area contributed by atoms with Crippen LogP contribution in [0.2, 0.25) is 0 Å². The van der Waals surface area contributed by atoms with Crippen LogP contribution < -0.4 is 15.2 Å². The number of carbonyl (C=O) groups is 1. The molecule has 1 saturated carbocycles. The van der Waals surface area contributed by atoms with Crippen LogP contribution in [0, 0.1) is 5.92 Å². The van der Waals surface area contributed by atoms with Crippen molar-refractivity contribution in [2.45, 2.75) is 44.8 Å². The Morgan fingerprint density at radius 3 is 2.86 bits per heavy atom. The van der Waals surface area contributed by atoms with Crippen molar-refractivity contribution in [1.82, 2.24) is 19.0 Å². The third-order valence-corrected chi connectivity index (χ3v) is 7.85. The Labute approximate surface area is 209 Å². The van der Waals surface area contributed by atoms with E-state index in [1.807, 2.05) is 23.1 Å². The second-order valence-corrected chi connectivity index (χ2v) is 10.4. The first-order valence-electron chi connectivity index (χ1n) is 13.0. The van der Waals surface area contributed by atoms with Gasteiger partial charge < -0.3 is 29.2 Å². The number of likely N-dealkylation sites (tertiary alicyclic amines) is 1. The molecule has 2 fully saturated rings. The van der Waals surface area contributed by atoms with Crippen LogP contribution in [0.5, 0.6) is 11.5 Å². The molecule has 7 rings (SSSR count). The number of rotatable bonds is 5. The van der Waals surface area contributed by atoms with Crippen LogP contribution in [0.3, 0.4) is 0 Å². The molecule has 1 atom stereocenters. The molecule has 3 aliphatic rings. The molecule has 8 heteroatoms. The fraction of sp³-hybridized carbons (Fsp3) is 0.429. The maximum Gasteiger partial charge on any atom is 0.254 e. The van der Waals surface area contributed by atoms with E-state index >= 15 is 0 Å². The molecule has 8 nitrogen and oxygen atoms in total. The maximum absolute atomic E-state index is 13.4. The van der Waals surface area contributed by atoms with E-state index < -0.39 is 0 Å². The molecule has 1 aliphatic carbocycles. The minimum atomic E-state index is 0.00326. The first-order valence-corrected chi connectivity index (χ1v) is 13.0. The number of benzene rings is 2. The third-order valence-electron chi connectivity index (χ3n) is 7.85. The molecule has 2 N–H and O–H groups in total. The second-order valence-electron chi connectivity index (χ2n) is 10.4. The van der Waals surface area contributed by atoms with Gasteiger partial charge in [0, 0.05) is 42.1 Å². The van der Waals surface area contributed by atoms with Crippen molar-refractivity contribution in [1.29, 1.82) is 0 Å². The molecule has 2 aromatic carbocycles. The highest BCUT2D eigenvalue weighted by molar-refractivity contribution is 6.00. The van der Waals surface area contributed by atoms with E-state index in [1.54, 1.807) is 7.11 Å². The average molecular weight is 486 g/mol. The maximum atomic E-state index is 13.4. The lowest BCUT2D eigenvalue weighted by Crippen LogP contribution is -2.45. The fourth-order valence-corrected chi connectivity index (χ4v) is 5.82. The number of fused-ring (bicyclic) bond motifs is 1. The lowest BCUT2D eigenvalue weighted by molar-refractivity contribution is 0.0708. The summed E-state index contributed by atoms with van der Waals surface area (Å²) < 4.78 is 16.2. The highest BCUT2D eigenvalue weighted by Gasteiger charge is 2.29. The Hall–Kier alpha value is -3.52. The van der Waals surface area contributed by atoms with Crippen LogP contribution in [0.1, 0.15) is 36.0 Å². The van der Waals surface area contributed by atoms with E-state index in [-0.39, 0.29) is 11.9 Å². The van der Waals surface area contributed by atoms with Gasteiger partial charge in [-0.05, 0) is 68.0 Å². The molecule has 0 radical (unpaired) electrons.